The molecular weight excluding hydrogens is 288 g/mol. The molecule has 1 saturated heterocycles. The number of ether oxygens (including phenoxy) is 1. The number of fused-ring (bicyclic) bond motifs is 1. The third kappa shape index (κ3) is 3.29. The maximum Gasteiger partial charge on any atom is 0.240 e. The molecule has 0 saturated carbocycles. The molecule has 2 heterocycles. The van der Waals surface area contributed by atoms with Crippen molar-refractivity contribution in [3.63, 3.8) is 0 Å². The highest BCUT2D eigenvalue weighted by molar-refractivity contribution is 7.89. The van der Waals surface area contributed by atoms with E-state index < -0.39 is 10.0 Å². The summed E-state index contributed by atoms with van der Waals surface area (Å²) in [7, 11) is -3.46. The van der Waals surface area contributed by atoms with Gasteiger partial charge < -0.3 is 10.1 Å². The number of rotatable bonds is 3. The van der Waals surface area contributed by atoms with Crippen LogP contribution in [0, 0.1) is 0 Å². The van der Waals surface area contributed by atoms with Gasteiger partial charge in [0.05, 0.1) is 10.5 Å². The lowest BCUT2D eigenvalue weighted by Crippen LogP contribution is -2.45. The van der Waals surface area contributed by atoms with Crippen LogP contribution in [0.1, 0.15) is 37.8 Å². The summed E-state index contributed by atoms with van der Waals surface area (Å²) in [6.07, 6.45) is 1.41. The third-order valence-corrected chi connectivity index (χ3v) is 5.66. The fourth-order valence-corrected chi connectivity index (χ4v) is 4.38. The predicted molar refractivity (Wildman–Crippen MR) is 80.4 cm³/mol. The van der Waals surface area contributed by atoms with Crippen LogP contribution in [0.2, 0.25) is 0 Å². The van der Waals surface area contributed by atoms with Crippen LogP contribution in [0.5, 0.6) is 0 Å². The first-order valence-corrected chi connectivity index (χ1v) is 8.83. The molecule has 21 heavy (non-hydrogen) atoms. The molecule has 6 heteroatoms. The van der Waals surface area contributed by atoms with E-state index in [4.69, 9.17) is 4.74 Å². The molecule has 1 unspecified atom stereocenters. The van der Waals surface area contributed by atoms with Crippen LogP contribution in [0.4, 0.5) is 0 Å². The van der Waals surface area contributed by atoms with Gasteiger partial charge in [-0.15, -0.1) is 0 Å². The molecule has 1 atom stereocenters. The van der Waals surface area contributed by atoms with Crippen molar-refractivity contribution in [2.75, 3.05) is 6.61 Å². The molecule has 2 N–H and O–H groups in total. The highest BCUT2D eigenvalue weighted by Gasteiger charge is 2.31. The lowest BCUT2D eigenvalue weighted by molar-refractivity contribution is -0.0599. The SMILES string of the molecule is CC1(C)CC(NS(=O)(=O)c2ccc3c(c2)CNC3)CCO1. The predicted octanol–water partition coefficient (Wildman–Crippen LogP) is 1.53. The van der Waals surface area contributed by atoms with Gasteiger partial charge in [-0.2, -0.15) is 0 Å². The van der Waals surface area contributed by atoms with E-state index in [1.54, 1.807) is 12.1 Å². The molecule has 1 aromatic carbocycles. The highest BCUT2D eigenvalue weighted by Crippen LogP contribution is 2.26. The van der Waals surface area contributed by atoms with Crippen LogP contribution < -0.4 is 10.0 Å². The third-order valence-electron chi connectivity index (χ3n) is 4.14. The van der Waals surface area contributed by atoms with Gasteiger partial charge >= 0.3 is 0 Å². The Hall–Kier alpha value is -0.950. The second-order valence-electron chi connectivity index (χ2n) is 6.45. The average Bonchev–Trinajstić information content (AvgIpc) is 2.83. The van der Waals surface area contributed by atoms with Crippen molar-refractivity contribution in [2.45, 2.75) is 56.3 Å². The van der Waals surface area contributed by atoms with Gasteiger partial charge in [0.2, 0.25) is 10.0 Å². The van der Waals surface area contributed by atoms with Gasteiger partial charge in [-0.1, -0.05) is 6.07 Å². The van der Waals surface area contributed by atoms with E-state index in [0.29, 0.717) is 17.9 Å². The van der Waals surface area contributed by atoms with Gasteiger partial charge in [-0.3, -0.25) is 0 Å². The molecule has 0 spiro atoms. The molecular formula is C15H22N2O3S. The Morgan fingerprint density at radius 3 is 2.81 bits per heavy atom. The molecule has 0 amide bonds. The number of hydrogen-bond acceptors (Lipinski definition) is 4. The fourth-order valence-electron chi connectivity index (χ4n) is 3.06. The van der Waals surface area contributed by atoms with E-state index in [-0.39, 0.29) is 11.6 Å². The Morgan fingerprint density at radius 2 is 2.05 bits per heavy atom. The van der Waals surface area contributed by atoms with Crippen molar-refractivity contribution in [1.29, 1.82) is 0 Å². The highest BCUT2D eigenvalue weighted by atomic mass is 32.2. The summed E-state index contributed by atoms with van der Waals surface area (Å²) >= 11 is 0. The molecule has 0 bridgehead atoms. The van der Waals surface area contributed by atoms with E-state index in [1.807, 2.05) is 19.9 Å². The van der Waals surface area contributed by atoms with Crippen LogP contribution in [-0.2, 0) is 27.8 Å². The lowest BCUT2D eigenvalue weighted by atomic mass is 9.95. The Morgan fingerprint density at radius 1 is 1.29 bits per heavy atom. The molecule has 0 radical (unpaired) electrons. The first-order chi connectivity index (χ1) is 9.86. The summed E-state index contributed by atoms with van der Waals surface area (Å²) < 4.78 is 33.5. The van der Waals surface area contributed by atoms with Crippen LogP contribution in [-0.4, -0.2) is 26.7 Å². The zero-order valence-corrected chi connectivity index (χ0v) is 13.3. The summed E-state index contributed by atoms with van der Waals surface area (Å²) in [4.78, 5) is 0.356. The van der Waals surface area contributed by atoms with E-state index in [2.05, 4.69) is 10.0 Å². The fraction of sp³-hybridized carbons (Fsp3) is 0.600. The number of nitrogens with one attached hydrogen (secondary N) is 2. The molecule has 5 nitrogen and oxygen atoms in total. The topological polar surface area (TPSA) is 67.4 Å². The molecule has 1 aromatic rings. The zero-order chi connectivity index (χ0) is 15.1. The van der Waals surface area contributed by atoms with Crippen LogP contribution >= 0.6 is 0 Å². The smallest absolute Gasteiger partial charge is 0.240 e. The van der Waals surface area contributed by atoms with Crippen molar-refractivity contribution in [1.82, 2.24) is 10.0 Å². The molecule has 116 valence electrons. The molecule has 2 aliphatic rings. The molecule has 3 rings (SSSR count). The number of hydrogen-bond donors (Lipinski definition) is 2. The van der Waals surface area contributed by atoms with Crippen LogP contribution in [0.25, 0.3) is 0 Å². The van der Waals surface area contributed by atoms with Crippen LogP contribution in [0.15, 0.2) is 23.1 Å². The first kappa shape index (κ1) is 15.0. The van der Waals surface area contributed by atoms with Gasteiger partial charge in [0.25, 0.3) is 0 Å². The summed E-state index contributed by atoms with van der Waals surface area (Å²) in [5.41, 5.74) is 1.99. The van der Waals surface area contributed by atoms with Gasteiger partial charge in [-0.25, -0.2) is 13.1 Å². The van der Waals surface area contributed by atoms with E-state index in [0.717, 1.165) is 25.1 Å². The Labute approximate surface area is 126 Å². The first-order valence-electron chi connectivity index (χ1n) is 7.35. The van der Waals surface area contributed by atoms with Gasteiger partial charge in [-0.05, 0) is 49.9 Å². The second-order valence-corrected chi connectivity index (χ2v) is 8.17. The van der Waals surface area contributed by atoms with Gasteiger partial charge in [0.15, 0.2) is 0 Å². The number of sulfonamides is 1. The van der Waals surface area contributed by atoms with Crippen molar-refractivity contribution in [3.05, 3.63) is 29.3 Å². The van der Waals surface area contributed by atoms with Crippen molar-refractivity contribution < 1.29 is 13.2 Å². The van der Waals surface area contributed by atoms with Crippen molar-refractivity contribution in [3.8, 4) is 0 Å². The summed E-state index contributed by atoms with van der Waals surface area (Å²) in [5, 5.41) is 3.23. The second kappa shape index (κ2) is 5.35. The minimum atomic E-state index is -3.46. The molecule has 1 fully saturated rings. The molecule has 0 aliphatic carbocycles. The summed E-state index contributed by atoms with van der Waals surface area (Å²) in [5.74, 6) is 0. The van der Waals surface area contributed by atoms with E-state index in [9.17, 15) is 8.42 Å². The van der Waals surface area contributed by atoms with Crippen LogP contribution in [0.3, 0.4) is 0 Å². The lowest BCUT2D eigenvalue weighted by Gasteiger charge is -2.35. The average molecular weight is 310 g/mol. The molecule has 2 aliphatic heterocycles. The minimum Gasteiger partial charge on any atom is -0.375 e. The van der Waals surface area contributed by atoms with E-state index >= 15 is 0 Å². The Balaban J connectivity index is 1.78. The monoisotopic (exact) mass is 310 g/mol. The van der Waals surface area contributed by atoms with Crippen molar-refractivity contribution >= 4 is 10.0 Å². The molecule has 0 aromatic heterocycles. The maximum absolute atomic E-state index is 12.5. The standard InChI is InChI=1S/C15H22N2O3S/c1-15(2)8-13(5-6-20-15)17-21(18,19)14-4-3-11-9-16-10-12(11)7-14/h3-4,7,13,16-17H,5-6,8-10H2,1-2H3. The quantitative estimate of drug-likeness (QED) is 0.888. The summed E-state index contributed by atoms with van der Waals surface area (Å²) in [6.45, 7) is 6.14. The Kier molecular flexibility index (Phi) is 3.81. The van der Waals surface area contributed by atoms with Gasteiger partial charge in [0, 0.05) is 25.7 Å². The number of benzene rings is 1. The summed E-state index contributed by atoms with van der Waals surface area (Å²) in [6, 6.07) is 5.31. The maximum atomic E-state index is 12.5. The van der Waals surface area contributed by atoms with Crippen molar-refractivity contribution in [2.24, 2.45) is 0 Å². The van der Waals surface area contributed by atoms with Gasteiger partial charge in [0.1, 0.15) is 0 Å². The zero-order valence-electron chi connectivity index (χ0n) is 12.5. The Bertz CT molecular complexity index is 640. The largest absolute Gasteiger partial charge is 0.375 e. The normalized spacial score (nSPS) is 24.8. The minimum absolute atomic E-state index is 0.0647. The van der Waals surface area contributed by atoms with E-state index in [1.165, 1.54) is 5.56 Å².